The molecule has 2 fully saturated rings. The summed E-state index contributed by atoms with van der Waals surface area (Å²) >= 11 is 0. The van der Waals surface area contributed by atoms with Gasteiger partial charge in [-0.2, -0.15) is 0 Å². The van der Waals surface area contributed by atoms with E-state index >= 15 is 0 Å². The van der Waals surface area contributed by atoms with Crippen molar-refractivity contribution >= 4 is 5.97 Å². The molecule has 1 N–H and O–H groups in total. The Morgan fingerprint density at radius 2 is 2.33 bits per heavy atom. The van der Waals surface area contributed by atoms with Gasteiger partial charge in [0.25, 0.3) is 0 Å². The molecule has 0 radical (unpaired) electrons. The van der Waals surface area contributed by atoms with Gasteiger partial charge in [-0.05, 0) is 37.0 Å². The van der Waals surface area contributed by atoms with E-state index in [0.717, 1.165) is 5.92 Å². The Morgan fingerprint density at radius 1 is 1.58 bits per heavy atom. The zero-order valence-electron chi connectivity index (χ0n) is 7.29. The molecule has 0 aliphatic heterocycles. The van der Waals surface area contributed by atoms with Crippen molar-refractivity contribution in [2.45, 2.75) is 26.2 Å². The number of rotatable bonds is 1. The molecule has 2 bridgehead atoms. The lowest BCUT2D eigenvalue weighted by Gasteiger charge is -2.20. The van der Waals surface area contributed by atoms with Gasteiger partial charge in [0.05, 0.1) is 0 Å². The van der Waals surface area contributed by atoms with Crippen LogP contribution in [0, 0.1) is 17.8 Å². The Hall–Kier alpha value is -0.790. The van der Waals surface area contributed by atoms with Crippen molar-refractivity contribution in [1.82, 2.24) is 0 Å². The molecule has 0 saturated heterocycles. The summed E-state index contributed by atoms with van der Waals surface area (Å²) in [5.74, 6) is 1.13. The van der Waals surface area contributed by atoms with E-state index in [0.29, 0.717) is 11.8 Å². The minimum Gasteiger partial charge on any atom is -0.478 e. The maximum atomic E-state index is 10.5. The first kappa shape index (κ1) is 7.84. The maximum absolute atomic E-state index is 10.5. The number of hydrogen-bond donors (Lipinski definition) is 1. The van der Waals surface area contributed by atoms with Gasteiger partial charge in [0, 0.05) is 6.08 Å². The van der Waals surface area contributed by atoms with Gasteiger partial charge in [0.2, 0.25) is 0 Å². The second kappa shape index (κ2) is 2.61. The zero-order chi connectivity index (χ0) is 8.72. The largest absolute Gasteiger partial charge is 0.478 e. The second-order valence-corrected chi connectivity index (χ2v) is 4.04. The standard InChI is InChI=1S/C10H14O2/c1-6-7-2-3-8(4-7)9(6)5-10(11)12/h5-8H,2-4H2,1H3,(H,11,12)/b9-5-. The van der Waals surface area contributed by atoms with Crippen molar-refractivity contribution in [1.29, 1.82) is 0 Å². The van der Waals surface area contributed by atoms with Gasteiger partial charge < -0.3 is 5.11 Å². The van der Waals surface area contributed by atoms with Crippen molar-refractivity contribution in [3.8, 4) is 0 Å². The van der Waals surface area contributed by atoms with Gasteiger partial charge in [-0.3, -0.25) is 0 Å². The number of carboxylic acids is 1. The van der Waals surface area contributed by atoms with Crippen LogP contribution >= 0.6 is 0 Å². The van der Waals surface area contributed by atoms with E-state index in [1.54, 1.807) is 0 Å². The van der Waals surface area contributed by atoms with Crippen LogP contribution in [-0.4, -0.2) is 11.1 Å². The molecule has 2 aliphatic carbocycles. The molecule has 0 aromatic carbocycles. The highest BCUT2D eigenvalue weighted by molar-refractivity contribution is 5.81. The van der Waals surface area contributed by atoms with E-state index < -0.39 is 5.97 Å². The van der Waals surface area contributed by atoms with Crippen LogP contribution in [0.3, 0.4) is 0 Å². The van der Waals surface area contributed by atoms with Crippen LogP contribution in [0.5, 0.6) is 0 Å². The van der Waals surface area contributed by atoms with Crippen molar-refractivity contribution < 1.29 is 9.90 Å². The van der Waals surface area contributed by atoms with Crippen LogP contribution in [0.25, 0.3) is 0 Å². The quantitative estimate of drug-likeness (QED) is 0.605. The molecule has 0 aromatic heterocycles. The summed E-state index contributed by atoms with van der Waals surface area (Å²) in [7, 11) is 0. The molecule has 2 heteroatoms. The molecular weight excluding hydrogens is 152 g/mol. The van der Waals surface area contributed by atoms with Gasteiger partial charge in [0.1, 0.15) is 0 Å². The molecule has 12 heavy (non-hydrogen) atoms. The van der Waals surface area contributed by atoms with Crippen LogP contribution in [0.15, 0.2) is 11.6 Å². The molecule has 2 aliphatic rings. The third-order valence-electron chi connectivity index (χ3n) is 3.47. The van der Waals surface area contributed by atoms with Crippen molar-refractivity contribution in [3.63, 3.8) is 0 Å². The predicted octanol–water partition coefficient (Wildman–Crippen LogP) is 2.06. The molecular formula is C10H14O2. The number of hydrogen-bond acceptors (Lipinski definition) is 1. The fourth-order valence-electron chi connectivity index (χ4n) is 2.81. The first-order valence-corrected chi connectivity index (χ1v) is 4.63. The van der Waals surface area contributed by atoms with Crippen molar-refractivity contribution in [3.05, 3.63) is 11.6 Å². The molecule has 2 nitrogen and oxygen atoms in total. The SMILES string of the molecule is CC1/C(=C/C(=O)O)C2CCC1C2. The first-order valence-electron chi connectivity index (χ1n) is 4.63. The highest BCUT2D eigenvalue weighted by Gasteiger charge is 2.41. The van der Waals surface area contributed by atoms with Crippen LogP contribution in [0.4, 0.5) is 0 Å². The topological polar surface area (TPSA) is 37.3 Å². The molecule has 2 rings (SSSR count). The zero-order valence-corrected chi connectivity index (χ0v) is 7.29. The third-order valence-corrected chi connectivity index (χ3v) is 3.47. The Bertz CT molecular complexity index is 238. The number of aliphatic carboxylic acids is 1. The average Bonchev–Trinajstić information content (AvgIpc) is 2.53. The van der Waals surface area contributed by atoms with Gasteiger partial charge >= 0.3 is 5.97 Å². The summed E-state index contributed by atoms with van der Waals surface area (Å²) in [5.41, 5.74) is 1.19. The van der Waals surface area contributed by atoms with E-state index in [4.69, 9.17) is 5.11 Å². The Balaban J connectivity index is 2.22. The summed E-state index contributed by atoms with van der Waals surface area (Å²) < 4.78 is 0. The first-order chi connectivity index (χ1) is 5.68. The highest BCUT2D eigenvalue weighted by Crippen LogP contribution is 2.51. The van der Waals surface area contributed by atoms with E-state index in [9.17, 15) is 4.79 Å². The number of fused-ring (bicyclic) bond motifs is 2. The Kier molecular flexibility index (Phi) is 1.71. The number of allylic oxidation sites excluding steroid dienone is 1. The maximum Gasteiger partial charge on any atom is 0.328 e. The monoisotopic (exact) mass is 166 g/mol. The van der Waals surface area contributed by atoms with Crippen LogP contribution in [0.2, 0.25) is 0 Å². The van der Waals surface area contributed by atoms with E-state index in [1.165, 1.54) is 30.9 Å². The van der Waals surface area contributed by atoms with Gasteiger partial charge in [-0.25, -0.2) is 4.79 Å². The Labute approximate surface area is 72.3 Å². The minimum atomic E-state index is -0.774. The lowest BCUT2D eigenvalue weighted by atomic mass is 9.85. The summed E-state index contributed by atoms with van der Waals surface area (Å²) in [6.45, 7) is 2.17. The molecule has 66 valence electrons. The van der Waals surface area contributed by atoms with Gasteiger partial charge in [-0.15, -0.1) is 0 Å². The smallest absolute Gasteiger partial charge is 0.328 e. The van der Waals surface area contributed by atoms with Crippen LogP contribution in [-0.2, 0) is 4.79 Å². The molecule has 3 unspecified atom stereocenters. The minimum absolute atomic E-state index is 0.528. The van der Waals surface area contributed by atoms with E-state index in [2.05, 4.69) is 6.92 Å². The molecule has 0 heterocycles. The average molecular weight is 166 g/mol. The van der Waals surface area contributed by atoms with E-state index in [-0.39, 0.29) is 0 Å². The van der Waals surface area contributed by atoms with E-state index in [1.807, 2.05) is 0 Å². The lowest BCUT2D eigenvalue weighted by molar-refractivity contribution is -0.131. The predicted molar refractivity (Wildman–Crippen MR) is 45.7 cm³/mol. The van der Waals surface area contributed by atoms with Crippen molar-refractivity contribution in [2.75, 3.05) is 0 Å². The molecule has 0 aromatic rings. The third kappa shape index (κ3) is 1.06. The summed E-state index contributed by atoms with van der Waals surface area (Å²) in [6, 6.07) is 0. The number of carbonyl (C=O) groups is 1. The molecule has 0 amide bonds. The van der Waals surface area contributed by atoms with Gasteiger partial charge in [0.15, 0.2) is 0 Å². The van der Waals surface area contributed by atoms with Crippen LogP contribution in [0.1, 0.15) is 26.2 Å². The fourth-order valence-corrected chi connectivity index (χ4v) is 2.81. The second-order valence-electron chi connectivity index (χ2n) is 4.04. The summed E-state index contributed by atoms with van der Waals surface area (Å²) in [4.78, 5) is 10.5. The Morgan fingerprint density at radius 3 is 2.83 bits per heavy atom. The van der Waals surface area contributed by atoms with Crippen LogP contribution < -0.4 is 0 Å². The summed E-state index contributed by atoms with van der Waals surface area (Å²) in [6.07, 6.45) is 5.20. The summed E-state index contributed by atoms with van der Waals surface area (Å²) in [5, 5.41) is 8.64. The van der Waals surface area contributed by atoms with Gasteiger partial charge in [-0.1, -0.05) is 12.5 Å². The number of carboxylic acid groups (broad SMARTS) is 1. The van der Waals surface area contributed by atoms with Crippen molar-refractivity contribution in [2.24, 2.45) is 17.8 Å². The highest BCUT2D eigenvalue weighted by atomic mass is 16.4. The lowest BCUT2D eigenvalue weighted by Crippen LogP contribution is -2.11. The fraction of sp³-hybridized carbons (Fsp3) is 0.700. The molecule has 2 saturated carbocycles. The molecule has 0 spiro atoms. The molecule has 3 atom stereocenters. The normalized spacial score (nSPS) is 42.4.